The lowest BCUT2D eigenvalue weighted by molar-refractivity contribution is 0.171. The fraction of sp³-hybridized carbons (Fsp3) is 0.364. The molecule has 2 aliphatic heterocycles. The first-order valence-electron chi connectivity index (χ1n) is 9.29. The topological polar surface area (TPSA) is 64.6 Å². The molecule has 0 amide bonds. The molecule has 0 saturated carbocycles. The van der Waals surface area contributed by atoms with Crippen molar-refractivity contribution in [3.63, 3.8) is 0 Å². The third-order valence-electron chi connectivity index (χ3n) is 5.15. The zero-order chi connectivity index (χ0) is 20.5. The number of ether oxygens (including phenoxy) is 7. The third-order valence-corrected chi connectivity index (χ3v) is 5.15. The molecule has 0 radical (unpaired) electrons. The first-order valence-corrected chi connectivity index (χ1v) is 9.29. The lowest BCUT2D eigenvalue weighted by Crippen LogP contribution is -2.07. The Bertz CT molecular complexity index is 937. The van der Waals surface area contributed by atoms with Crippen molar-refractivity contribution in [2.75, 3.05) is 34.7 Å². The molecule has 7 heteroatoms. The molecule has 2 heterocycles. The van der Waals surface area contributed by atoms with Crippen molar-refractivity contribution in [1.29, 1.82) is 0 Å². The van der Waals surface area contributed by atoms with Crippen molar-refractivity contribution in [1.82, 2.24) is 0 Å². The summed E-state index contributed by atoms with van der Waals surface area (Å²) in [6.07, 6.45) is 1.40. The molecule has 2 aromatic carbocycles. The molecule has 0 saturated heterocycles. The third kappa shape index (κ3) is 3.06. The first kappa shape index (κ1) is 19.1. The SMILES string of the molecule is C=CCOc1c(OC)cc2c(c1OC)O[C@H](c1cc(OC)c3c(c1)OCO3)[C@H]2C. The number of rotatable bonds is 7. The molecule has 29 heavy (non-hydrogen) atoms. The molecule has 7 nitrogen and oxygen atoms in total. The molecule has 4 rings (SSSR count). The van der Waals surface area contributed by atoms with Crippen LogP contribution >= 0.6 is 0 Å². The maximum atomic E-state index is 6.37. The second-order valence-electron chi connectivity index (χ2n) is 6.74. The van der Waals surface area contributed by atoms with Gasteiger partial charge in [-0.25, -0.2) is 0 Å². The van der Waals surface area contributed by atoms with E-state index >= 15 is 0 Å². The van der Waals surface area contributed by atoms with Crippen LogP contribution in [-0.2, 0) is 0 Å². The Morgan fingerprint density at radius 1 is 1.00 bits per heavy atom. The summed E-state index contributed by atoms with van der Waals surface area (Å²) < 4.78 is 39.9. The maximum absolute atomic E-state index is 6.37. The molecule has 0 aromatic heterocycles. The van der Waals surface area contributed by atoms with Gasteiger partial charge >= 0.3 is 0 Å². The normalized spacial score (nSPS) is 18.6. The van der Waals surface area contributed by atoms with Crippen LogP contribution in [0.15, 0.2) is 30.9 Å². The molecule has 2 aliphatic rings. The summed E-state index contributed by atoms with van der Waals surface area (Å²) in [5.74, 6) is 4.12. The van der Waals surface area contributed by atoms with E-state index in [0.717, 1.165) is 11.1 Å². The number of hydrogen-bond acceptors (Lipinski definition) is 7. The second kappa shape index (κ2) is 7.66. The van der Waals surface area contributed by atoms with Gasteiger partial charge in [-0.1, -0.05) is 19.6 Å². The van der Waals surface area contributed by atoms with E-state index < -0.39 is 0 Å². The molecule has 0 bridgehead atoms. The minimum atomic E-state index is -0.262. The number of hydrogen-bond donors (Lipinski definition) is 0. The Morgan fingerprint density at radius 2 is 1.79 bits per heavy atom. The highest BCUT2D eigenvalue weighted by molar-refractivity contribution is 5.66. The van der Waals surface area contributed by atoms with Crippen molar-refractivity contribution in [2.45, 2.75) is 18.9 Å². The van der Waals surface area contributed by atoms with Crippen LogP contribution in [0.4, 0.5) is 0 Å². The van der Waals surface area contributed by atoms with Crippen LogP contribution in [0.25, 0.3) is 0 Å². The second-order valence-corrected chi connectivity index (χ2v) is 6.74. The Morgan fingerprint density at radius 3 is 2.48 bits per heavy atom. The summed E-state index contributed by atoms with van der Waals surface area (Å²) in [6.45, 7) is 6.29. The van der Waals surface area contributed by atoms with Crippen LogP contribution in [0.1, 0.15) is 30.1 Å². The Hall–Kier alpha value is -3.22. The van der Waals surface area contributed by atoms with Crippen molar-refractivity contribution in [3.05, 3.63) is 42.0 Å². The minimum absolute atomic E-state index is 0.0336. The number of benzene rings is 2. The van der Waals surface area contributed by atoms with E-state index in [1.54, 1.807) is 27.4 Å². The van der Waals surface area contributed by atoms with Gasteiger partial charge in [-0.3, -0.25) is 0 Å². The van der Waals surface area contributed by atoms with Gasteiger partial charge in [0.2, 0.25) is 24.0 Å². The van der Waals surface area contributed by atoms with Crippen molar-refractivity contribution in [3.8, 4) is 40.2 Å². The predicted octanol–water partition coefficient (Wildman–Crippen LogP) is 4.24. The van der Waals surface area contributed by atoms with Gasteiger partial charge in [0.25, 0.3) is 0 Å². The van der Waals surface area contributed by atoms with Gasteiger partial charge in [-0.15, -0.1) is 0 Å². The zero-order valence-corrected chi connectivity index (χ0v) is 16.9. The van der Waals surface area contributed by atoms with E-state index in [4.69, 9.17) is 33.2 Å². The van der Waals surface area contributed by atoms with Crippen LogP contribution < -0.4 is 33.2 Å². The van der Waals surface area contributed by atoms with E-state index in [1.807, 2.05) is 18.2 Å². The van der Waals surface area contributed by atoms with Gasteiger partial charge in [0.1, 0.15) is 12.7 Å². The Balaban J connectivity index is 1.77. The molecule has 2 atom stereocenters. The smallest absolute Gasteiger partial charge is 0.231 e. The largest absolute Gasteiger partial charge is 0.493 e. The molecule has 154 valence electrons. The standard InChI is InChI=1S/C22H24O7/c1-6-7-26-21-16(24-4)10-14-12(2)18(29-19(14)22(21)25-5)13-8-15(23-3)20-17(9-13)27-11-28-20/h6,8-10,12,18H,1,7,11H2,2-5H3/t12-,18-/m0/s1. The van der Waals surface area contributed by atoms with Crippen LogP contribution in [0.5, 0.6) is 40.2 Å². The highest BCUT2D eigenvalue weighted by Crippen LogP contribution is 2.57. The molecular formula is C22H24O7. The molecule has 0 aliphatic carbocycles. The summed E-state index contributed by atoms with van der Waals surface area (Å²) in [5, 5.41) is 0. The van der Waals surface area contributed by atoms with Crippen molar-refractivity contribution in [2.24, 2.45) is 0 Å². The summed E-state index contributed by atoms with van der Waals surface area (Å²) in [4.78, 5) is 0. The highest BCUT2D eigenvalue weighted by atomic mass is 16.7. The van der Waals surface area contributed by atoms with E-state index in [2.05, 4.69) is 13.5 Å². The van der Waals surface area contributed by atoms with E-state index in [1.165, 1.54) is 0 Å². The average molecular weight is 400 g/mol. The molecular weight excluding hydrogens is 376 g/mol. The van der Waals surface area contributed by atoms with Gasteiger partial charge in [-0.2, -0.15) is 0 Å². The van der Waals surface area contributed by atoms with E-state index in [9.17, 15) is 0 Å². The minimum Gasteiger partial charge on any atom is -0.493 e. The van der Waals surface area contributed by atoms with Crippen molar-refractivity contribution < 1.29 is 33.2 Å². The first-order chi connectivity index (χ1) is 14.1. The summed E-state index contributed by atoms with van der Waals surface area (Å²) in [7, 11) is 4.79. The monoisotopic (exact) mass is 400 g/mol. The highest BCUT2D eigenvalue weighted by Gasteiger charge is 2.38. The van der Waals surface area contributed by atoms with Gasteiger partial charge in [0.05, 0.1) is 21.3 Å². The Labute approximate surface area is 169 Å². The number of methoxy groups -OCH3 is 3. The Kier molecular flexibility index (Phi) is 5.05. The molecule has 0 fully saturated rings. The van der Waals surface area contributed by atoms with Crippen LogP contribution in [0.3, 0.4) is 0 Å². The molecule has 0 N–H and O–H groups in total. The zero-order valence-electron chi connectivity index (χ0n) is 16.9. The fourth-order valence-corrected chi connectivity index (χ4v) is 3.76. The van der Waals surface area contributed by atoms with Gasteiger partial charge in [0.15, 0.2) is 23.0 Å². The summed E-state index contributed by atoms with van der Waals surface area (Å²) in [5.41, 5.74) is 1.90. The van der Waals surface area contributed by atoms with Crippen LogP contribution in [-0.4, -0.2) is 34.7 Å². The van der Waals surface area contributed by atoms with Gasteiger partial charge < -0.3 is 33.2 Å². The molecule has 0 unspecified atom stereocenters. The summed E-state index contributed by atoms with van der Waals surface area (Å²) >= 11 is 0. The van der Waals surface area contributed by atoms with Gasteiger partial charge in [0, 0.05) is 17.0 Å². The quantitative estimate of drug-likeness (QED) is 0.644. The van der Waals surface area contributed by atoms with Crippen LogP contribution in [0, 0.1) is 0 Å². The fourth-order valence-electron chi connectivity index (χ4n) is 3.76. The van der Waals surface area contributed by atoms with Crippen molar-refractivity contribution >= 4 is 0 Å². The van der Waals surface area contributed by atoms with Crippen LogP contribution in [0.2, 0.25) is 0 Å². The predicted molar refractivity (Wildman–Crippen MR) is 106 cm³/mol. The van der Waals surface area contributed by atoms with E-state index in [-0.39, 0.29) is 18.8 Å². The molecule has 0 spiro atoms. The molecule has 2 aromatic rings. The lowest BCUT2D eigenvalue weighted by Gasteiger charge is -2.18. The average Bonchev–Trinajstić information content (AvgIpc) is 3.34. The lowest BCUT2D eigenvalue weighted by atomic mass is 9.92. The van der Waals surface area contributed by atoms with E-state index in [0.29, 0.717) is 46.9 Å². The summed E-state index contributed by atoms with van der Waals surface area (Å²) in [6, 6.07) is 5.78. The number of fused-ring (bicyclic) bond motifs is 2. The van der Waals surface area contributed by atoms with Gasteiger partial charge in [-0.05, 0) is 18.2 Å². The maximum Gasteiger partial charge on any atom is 0.231 e.